The average molecular weight is 209 g/mol. The monoisotopic (exact) mass is 208 g/mol. The van der Waals surface area contributed by atoms with E-state index in [2.05, 4.69) is 20.9 Å². The van der Waals surface area contributed by atoms with Crippen LogP contribution in [0.25, 0.3) is 0 Å². The van der Waals surface area contributed by atoms with Crippen LogP contribution < -0.4 is 10.6 Å². The van der Waals surface area contributed by atoms with Crippen molar-refractivity contribution in [1.29, 1.82) is 0 Å². The van der Waals surface area contributed by atoms with E-state index in [0.29, 0.717) is 6.54 Å². The molecule has 9 heavy (non-hydrogen) atoms. The molecule has 1 rings (SSSR count). The van der Waals surface area contributed by atoms with E-state index in [0.717, 1.165) is 20.8 Å². The predicted octanol–water partition coefficient (Wildman–Crippen LogP) is 0.658. The second kappa shape index (κ2) is 2.64. The van der Waals surface area contributed by atoms with Gasteiger partial charge in [-0.2, -0.15) is 0 Å². The van der Waals surface area contributed by atoms with Crippen molar-refractivity contribution in [3.05, 3.63) is 19.1 Å². The van der Waals surface area contributed by atoms with Crippen molar-refractivity contribution in [3.63, 3.8) is 0 Å². The summed E-state index contributed by atoms with van der Waals surface area (Å²) in [6, 6.07) is 0. The number of nitrogens with two attached hydrogens (primary N) is 1. The van der Waals surface area contributed by atoms with Gasteiger partial charge in [-0.3, -0.25) is 4.79 Å². The van der Waals surface area contributed by atoms with Crippen LogP contribution >= 0.6 is 27.3 Å². The molecule has 0 amide bonds. The van der Waals surface area contributed by atoms with E-state index in [4.69, 9.17) is 5.73 Å². The topological polar surface area (TPSA) is 58.9 Å². The van der Waals surface area contributed by atoms with Gasteiger partial charge < -0.3 is 10.7 Å². The molecule has 0 saturated heterocycles. The average Bonchev–Trinajstić information content (AvgIpc) is 2.10. The number of aromatic nitrogens is 1. The molecule has 0 saturated carbocycles. The molecule has 0 radical (unpaired) electrons. The van der Waals surface area contributed by atoms with E-state index < -0.39 is 0 Å². The predicted molar refractivity (Wildman–Crippen MR) is 40.5 cm³/mol. The Morgan fingerprint density at radius 3 is 2.67 bits per heavy atom. The minimum atomic E-state index is -0.0673. The zero-order chi connectivity index (χ0) is 6.85. The first-order valence-corrected chi connectivity index (χ1v) is 3.92. The lowest BCUT2D eigenvalue weighted by molar-refractivity contribution is 0.994. The van der Waals surface area contributed by atoms with E-state index in [9.17, 15) is 4.79 Å². The Hall–Kier alpha value is -0.130. The number of H-pyrrole nitrogens is 1. The van der Waals surface area contributed by atoms with Crippen molar-refractivity contribution in [2.45, 2.75) is 6.54 Å². The van der Waals surface area contributed by atoms with E-state index >= 15 is 0 Å². The summed E-state index contributed by atoms with van der Waals surface area (Å²) in [5.41, 5.74) is 6.04. The van der Waals surface area contributed by atoms with Crippen LogP contribution in [0.1, 0.15) is 5.69 Å². The van der Waals surface area contributed by atoms with Gasteiger partial charge in [0.05, 0.1) is 9.48 Å². The Kier molecular flexibility index (Phi) is 2.05. The first-order valence-electron chi connectivity index (χ1n) is 2.31. The molecule has 0 atom stereocenters. The molecule has 0 aliphatic carbocycles. The number of halogens is 1. The molecule has 50 valence electrons. The van der Waals surface area contributed by atoms with Crippen LogP contribution in [0.2, 0.25) is 0 Å². The number of hydrogen-bond donors (Lipinski definition) is 2. The number of thiazole rings is 1. The second-order valence-corrected chi connectivity index (χ2v) is 3.77. The van der Waals surface area contributed by atoms with E-state index in [1.807, 2.05) is 0 Å². The van der Waals surface area contributed by atoms with Crippen LogP contribution in [-0.2, 0) is 6.54 Å². The van der Waals surface area contributed by atoms with Crippen LogP contribution in [0.5, 0.6) is 0 Å². The van der Waals surface area contributed by atoms with Crippen molar-refractivity contribution in [2.75, 3.05) is 0 Å². The van der Waals surface area contributed by atoms with E-state index in [-0.39, 0.29) is 4.87 Å². The standard InChI is InChI=1S/C4H5BrN2OS/c5-3-2(1-6)7-4(8)9-3/h1,6H2,(H,7,8). The number of nitrogens with one attached hydrogen (secondary N) is 1. The van der Waals surface area contributed by atoms with Gasteiger partial charge in [0.15, 0.2) is 0 Å². The first-order chi connectivity index (χ1) is 4.24. The molecule has 1 aromatic heterocycles. The molecule has 1 aromatic rings. The number of aromatic amines is 1. The molecule has 3 nitrogen and oxygen atoms in total. The summed E-state index contributed by atoms with van der Waals surface area (Å²) in [5, 5.41) is 0. The summed E-state index contributed by atoms with van der Waals surface area (Å²) in [6.45, 7) is 0.374. The van der Waals surface area contributed by atoms with Gasteiger partial charge in [-0.15, -0.1) is 0 Å². The highest BCUT2D eigenvalue weighted by Gasteiger charge is 2.00. The maximum absolute atomic E-state index is 10.5. The van der Waals surface area contributed by atoms with Crippen molar-refractivity contribution in [3.8, 4) is 0 Å². The number of rotatable bonds is 1. The summed E-state index contributed by atoms with van der Waals surface area (Å²) < 4.78 is 0.801. The zero-order valence-electron chi connectivity index (χ0n) is 4.48. The summed E-state index contributed by atoms with van der Waals surface area (Å²) in [5.74, 6) is 0. The minimum absolute atomic E-state index is 0.0673. The second-order valence-electron chi connectivity index (χ2n) is 1.47. The molecule has 0 aliphatic rings. The third kappa shape index (κ3) is 1.41. The molecule has 0 unspecified atom stereocenters. The molecule has 0 spiro atoms. The molecule has 0 fully saturated rings. The van der Waals surface area contributed by atoms with E-state index in [1.165, 1.54) is 0 Å². The summed E-state index contributed by atoms with van der Waals surface area (Å²) >= 11 is 4.30. The Morgan fingerprint density at radius 1 is 1.78 bits per heavy atom. The molecule has 3 N–H and O–H groups in total. The van der Waals surface area contributed by atoms with Gasteiger partial charge in [-0.25, -0.2) is 0 Å². The van der Waals surface area contributed by atoms with Gasteiger partial charge in [-0.05, 0) is 15.9 Å². The molecular formula is C4H5BrN2OS. The summed E-state index contributed by atoms with van der Waals surface area (Å²) in [6.07, 6.45) is 0. The van der Waals surface area contributed by atoms with Gasteiger partial charge >= 0.3 is 4.87 Å². The van der Waals surface area contributed by atoms with Gasteiger partial charge in [0.2, 0.25) is 0 Å². The van der Waals surface area contributed by atoms with Crippen LogP contribution in [0.15, 0.2) is 8.58 Å². The Bertz CT molecular complexity index is 253. The molecule has 0 aromatic carbocycles. The SMILES string of the molecule is NCc1[nH]c(=O)sc1Br. The molecular weight excluding hydrogens is 204 g/mol. The van der Waals surface area contributed by atoms with Crippen molar-refractivity contribution in [1.82, 2.24) is 4.98 Å². The van der Waals surface area contributed by atoms with E-state index in [1.54, 1.807) is 0 Å². The quantitative estimate of drug-likeness (QED) is 0.713. The van der Waals surface area contributed by atoms with Crippen LogP contribution in [0.3, 0.4) is 0 Å². The van der Waals surface area contributed by atoms with Crippen molar-refractivity contribution < 1.29 is 0 Å². The largest absolute Gasteiger partial charge is 0.325 e. The highest BCUT2D eigenvalue weighted by atomic mass is 79.9. The molecule has 0 aliphatic heterocycles. The van der Waals surface area contributed by atoms with Gasteiger partial charge in [0.1, 0.15) is 0 Å². The van der Waals surface area contributed by atoms with Gasteiger partial charge in [0.25, 0.3) is 0 Å². The fourth-order valence-electron chi connectivity index (χ4n) is 0.472. The summed E-state index contributed by atoms with van der Waals surface area (Å²) in [7, 11) is 0. The minimum Gasteiger partial charge on any atom is -0.325 e. The lowest BCUT2D eigenvalue weighted by atomic mass is 10.5. The Balaban J connectivity index is 3.16. The fourth-order valence-corrected chi connectivity index (χ4v) is 1.77. The maximum Gasteiger partial charge on any atom is 0.305 e. The maximum atomic E-state index is 10.5. The third-order valence-electron chi connectivity index (χ3n) is 0.877. The molecule has 5 heteroatoms. The Morgan fingerprint density at radius 2 is 2.44 bits per heavy atom. The highest BCUT2D eigenvalue weighted by molar-refractivity contribution is 9.11. The Labute approximate surface area is 64.0 Å². The third-order valence-corrected chi connectivity index (χ3v) is 2.55. The lowest BCUT2D eigenvalue weighted by Crippen LogP contribution is -2.00. The fraction of sp³-hybridized carbons (Fsp3) is 0.250. The number of hydrogen-bond acceptors (Lipinski definition) is 3. The molecule has 1 heterocycles. The van der Waals surface area contributed by atoms with Gasteiger partial charge in [-0.1, -0.05) is 11.3 Å². The van der Waals surface area contributed by atoms with Crippen molar-refractivity contribution in [2.24, 2.45) is 5.73 Å². The summed E-state index contributed by atoms with van der Waals surface area (Å²) in [4.78, 5) is 13.1. The van der Waals surface area contributed by atoms with Crippen LogP contribution in [0, 0.1) is 0 Å². The normalized spacial score (nSPS) is 10.0. The van der Waals surface area contributed by atoms with Crippen LogP contribution in [-0.4, -0.2) is 4.98 Å². The first kappa shape index (κ1) is 6.98. The lowest BCUT2D eigenvalue weighted by Gasteiger charge is -1.85. The highest BCUT2D eigenvalue weighted by Crippen LogP contribution is 2.15. The van der Waals surface area contributed by atoms with Crippen molar-refractivity contribution >= 4 is 27.3 Å². The molecule has 0 bridgehead atoms. The smallest absolute Gasteiger partial charge is 0.305 e. The zero-order valence-corrected chi connectivity index (χ0v) is 6.88. The van der Waals surface area contributed by atoms with Gasteiger partial charge in [0, 0.05) is 6.54 Å². The van der Waals surface area contributed by atoms with Crippen LogP contribution in [0.4, 0.5) is 0 Å².